The highest BCUT2D eigenvalue weighted by Gasteiger charge is 2.31. The number of alkyl halides is 3. The summed E-state index contributed by atoms with van der Waals surface area (Å²) in [6.07, 6.45) is -4.78. The second-order valence-electron chi connectivity index (χ2n) is 7.07. The number of ether oxygens (including phenoxy) is 2. The van der Waals surface area contributed by atoms with Gasteiger partial charge in [0.25, 0.3) is 5.91 Å². The summed E-state index contributed by atoms with van der Waals surface area (Å²) in [5, 5.41) is 12.7. The SMILES string of the molecule is COc1ccc(C(=O)N2CCN(CC(=O)Nc3ccc(OC(F)(F)F)cc3)CC2)c(O)c1. The largest absolute Gasteiger partial charge is 0.573 e. The van der Waals surface area contributed by atoms with Crippen molar-refractivity contribution in [1.29, 1.82) is 0 Å². The molecule has 11 heteroatoms. The predicted molar refractivity (Wildman–Crippen MR) is 109 cm³/mol. The van der Waals surface area contributed by atoms with Crippen molar-refractivity contribution in [3.8, 4) is 17.2 Å². The van der Waals surface area contributed by atoms with Crippen molar-refractivity contribution in [2.24, 2.45) is 0 Å². The van der Waals surface area contributed by atoms with Crippen molar-refractivity contribution in [2.75, 3.05) is 45.2 Å². The molecule has 172 valence electrons. The third-order valence-corrected chi connectivity index (χ3v) is 4.83. The molecule has 2 N–H and O–H groups in total. The maximum absolute atomic E-state index is 12.7. The maximum atomic E-state index is 12.7. The molecule has 1 aliphatic rings. The summed E-state index contributed by atoms with van der Waals surface area (Å²) in [7, 11) is 1.46. The first-order chi connectivity index (χ1) is 15.1. The third-order valence-electron chi connectivity index (χ3n) is 4.83. The molecule has 2 aromatic rings. The minimum absolute atomic E-state index is 0.0661. The van der Waals surface area contributed by atoms with Crippen molar-refractivity contribution in [3.63, 3.8) is 0 Å². The van der Waals surface area contributed by atoms with Gasteiger partial charge in [-0.05, 0) is 36.4 Å². The second-order valence-corrected chi connectivity index (χ2v) is 7.07. The van der Waals surface area contributed by atoms with Crippen LogP contribution in [0.4, 0.5) is 18.9 Å². The van der Waals surface area contributed by atoms with Crippen molar-refractivity contribution in [1.82, 2.24) is 9.80 Å². The molecule has 0 spiro atoms. The van der Waals surface area contributed by atoms with E-state index in [1.54, 1.807) is 11.0 Å². The van der Waals surface area contributed by atoms with Gasteiger partial charge in [-0.25, -0.2) is 0 Å². The number of piperazine rings is 1. The van der Waals surface area contributed by atoms with Gasteiger partial charge in [-0.1, -0.05) is 0 Å². The Balaban J connectivity index is 1.47. The highest BCUT2D eigenvalue weighted by atomic mass is 19.4. The van der Waals surface area contributed by atoms with Crippen LogP contribution in [0.25, 0.3) is 0 Å². The van der Waals surface area contributed by atoms with Gasteiger partial charge in [-0.3, -0.25) is 14.5 Å². The number of phenolic OH excluding ortho intramolecular Hbond substituents is 1. The molecule has 2 amide bonds. The highest BCUT2D eigenvalue weighted by molar-refractivity contribution is 5.97. The van der Waals surface area contributed by atoms with Crippen molar-refractivity contribution >= 4 is 17.5 Å². The Kier molecular flexibility index (Phi) is 7.08. The molecule has 1 heterocycles. The lowest BCUT2D eigenvalue weighted by Gasteiger charge is -2.34. The molecule has 1 saturated heterocycles. The molecule has 0 saturated carbocycles. The number of methoxy groups -OCH3 is 1. The highest BCUT2D eigenvalue weighted by Crippen LogP contribution is 2.25. The Morgan fingerprint density at radius 3 is 2.22 bits per heavy atom. The molecule has 0 aromatic heterocycles. The fraction of sp³-hybridized carbons (Fsp3) is 0.333. The van der Waals surface area contributed by atoms with Crippen LogP contribution in [0.15, 0.2) is 42.5 Å². The summed E-state index contributed by atoms with van der Waals surface area (Å²) < 4.78 is 45.4. The predicted octanol–water partition coefficient (Wildman–Crippen LogP) is 2.70. The normalized spacial score (nSPS) is 14.7. The number of rotatable bonds is 6. The van der Waals surface area contributed by atoms with Crippen LogP contribution < -0.4 is 14.8 Å². The number of hydrogen-bond donors (Lipinski definition) is 2. The molecule has 0 radical (unpaired) electrons. The van der Waals surface area contributed by atoms with Crippen LogP contribution in [0.3, 0.4) is 0 Å². The van der Waals surface area contributed by atoms with E-state index >= 15 is 0 Å². The van der Waals surface area contributed by atoms with Gasteiger partial charge in [0, 0.05) is 37.9 Å². The zero-order chi connectivity index (χ0) is 23.3. The number of anilines is 1. The number of carbonyl (C=O) groups excluding carboxylic acids is 2. The van der Waals surface area contributed by atoms with Gasteiger partial charge in [0.05, 0.1) is 19.2 Å². The van der Waals surface area contributed by atoms with E-state index in [1.807, 2.05) is 4.90 Å². The molecular formula is C21H22F3N3O5. The standard InChI is InChI=1S/C21H22F3N3O5/c1-31-16-6-7-17(18(28)12-16)20(30)27-10-8-26(9-11-27)13-19(29)25-14-2-4-15(5-3-14)32-21(22,23)24/h2-7,12,28H,8-11,13H2,1H3,(H,25,29). The zero-order valence-corrected chi connectivity index (χ0v) is 17.2. The van der Waals surface area contributed by atoms with E-state index < -0.39 is 6.36 Å². The third kappa shape index (κ3) is 6.27. The van der Waals surface area contributed by atoms with Crippen LogP contribution >= 0.6 is 0 Å². The van der Waals surface area contributed by atoms with E-state index in [1.165, 1.54) is 31.4 Å². The Bertz CT molecular complexity index is 958. The molecule has 3 rings (SSSR count). The molecule has 0 aliphatic carbocycles. The van der Waals surface area contributed by atoms with Crippen LogP contribution in [-0.2, 0) is 4.79 Å². The summed E-state index contributed by atoms with van der Waals surface area (Å²) >= 11 is 0. The lowest BCUT2D eigenvalue weighted by atomic mass is 10.1. The average Bonchev–Trinajstić information content (AvgIpc) is 2.74. The lowest BCUT2D eigenvalue weighted by molar-refractivity contribution is -0.274. The maximum Gasteiger partial charge on any atom is 0.573 e. The van der Waals surface area contributed by atoms with Gasteiger partial charge in [0.1, 0.15) is 17.2 Å². The van der Waals surface area contributed by atoms with Gasteiger partial charge in [-0.15, -0.1) is 13.2 Å². The number of halogens is 3. The quantitative estimate of drug-likeness (QED) is 0.699. The summed E-state index contributed by atoms with van der Waals surface area (Å²) in [5.41, 5.74) is 0.517. The smallest absolute Gasteiger partial charge is 0.507 e. The van der Waals surface area contributed by atoms with E-state index in [-0.39, 0.29) is 35.4 Å². The fourth-order valence-electron chi connectivity index (χ4n) is 3.24. The molecular weight excluding hydrogens is 431 g/mol. The Morgan fingerprint density at radius 1 is 1.03 bits per heavy atom. The van der Waals surface area contributed by atoms with Gasteiger partial charge in [0.15, 0.2) is 0 Å². The molecule has 1 fully saturated rings. The van der Waals surface area contributed by atoms with Crippen LogP contribution in [0.2, 0.25) is 0 Å². The number of phenols is 1. The minimum Gasteiger partial charge on any atom is -0.507 e. The van der Waals surface area contributed by atoms with Crippen LogP contribution in [-0.4, -0.2) is 72.9 Å². The van der Waals surface area contributed by atoms with Gasteiger partial charge >= 0.3 is 6.36 Å². The van der Waals surface area contributed by atoms with E-state index in [0.29, 0.717) is 37.6 Å². The van der Waals surface area contributed by atoms with Crippen molar-refractivity contribution in [2.45, 2.75) is 6.36 Å². The zero-order valence-electron chi connectivity index (χ0n) is 17.2. The Labute approximate surface area is 182 Å². The van der Waals surface area contributed by atoms with E-state index in [2.05, 4.69) is 10.1 Å². The number of aromatic hydroxyl groups is 1. The number of amides is 2. The minimum atomic E-state index is -4.78. The number of nitrogens with zero attached hydrogens (tertiary/aromatic N) is 2. The van der Waals surface area contributed by atoms with E-state index in [4.69, 9.17) is 4.74 Å². The average molecular weight is 453 g/mol. The summed E-state index contributed by atoms with van der Waals surface area (Å²) in [4.78, 5) is 28.3. The van der Waals surface area contributed by atoms with Gasteiger partial charge in [0.2, 0.25) is 5.91 Å². The number of carbonyl (C=O) groups is 2. The Hall–Kier alpha value is -3.47. The monoisotopic (exact) mass is 453 g/mol. The summed E-state index contributed by atoms with van der Waals surface area (Å²) in [6, 6.07) is 9.32. The molecule has 1 aliphatic heterocycles. The van der Waals surface area contributed by atoms with Crippen LogP contribution in [0.1, 0.15) is 10.4 Å². The molecule has 32 heavy (non-hydrogen) atoms. The molecule has 2 aromatic carbocycles. The van der Waals surface area contributed by atoms with Crippen LogP contribution in [0, 0.1) is 0 Å². The Morgan fingerprint density at radius 2 is 1.66 bits per heavy atom. The summed E-state index contributed by atoms with van der Waals surface area (Å²) in [6.45, 7) is 1.72. The molecule has 0 unspecified atom stereocenters. The molecule has 0 bridgehead atoms. The summed E-state index contributed by atoms with van der Waals surface area (Å²) in [5.74, 6) is -0.739. The lowest BCUT2D eigenvalue weighted by Crippen LogP contribution is -2.50. The number of nitrogens with one attached hydrogen (secondary N) is 1. The van der Waals surface area contributed by atoms with Crippen molar-refractivity contribution < 1.29 is 37.3 Å². The van der Waals surface area contributed by atoms with Crippen molar-refractivity contribution in [3.05, 3.63) is 48.0 Å². The second kappa shape index (κ2) is 9.77. The van der Waals surface area contributed by atoms with E-state index in [0.717, 1.165) is 12.1 Å². The first kappa shape index (κ1) is 23.2. The first-order valence-electron chi connectivity index (χ1n) is 9.69. The number of benzene rings is 2. The fourth-order valence-corrected chi connectivity index (χ4v) is 3.24. The van der Waals surface area contributed by atoms with Crippen LogP contribution in [0.5, 0.6) is 17.2 Å². The van der Waals surface area contributed by atoms with Gasteiger partial charge in [-0.2, -0.15) is 0 Å². The van der Waals surface area contributed by atoms with E-state index in [9.17, 15) is 27.9 Å². The first-order valence-corrected chi connectivity index (χ1v) is 9.69. The molecule has 0 atom stereocenters. The van der Waals surface area contributed by atoms with Gasteiger partial charge < -0.3 is 24.8 Å². The molecule has 8 nitrogen and oxygen atoms in total. The topological polar surface area (TPSA) is 91.3 Å². The number of hydrogen-bond acceptors (Lipinski definition) is 6.